The maximum absolute atomic E-state index is 13.0. The van der Waals surface area contributed by atoms with Crippen LogP contribution in [0.4, 0.5) is 13.2 Å². The zero-order valence-corrected chi connectivity index (χ0v) is 18.2. The molecule has 2 aliphatic rings. The van der Waals surface area contributed by atoms with E-state index in [0.29, 0.717) is 41.9 Å². The van der Waals surface area contributed by atoms with E-state index in [-0.39, 0.29) is 18.4 Å². The van der Waals surface area contributed by atoms with Crippen LogP contribution in [0.2, 0.25) is 5.02 Å². The summed E-state index contributed by atoms with van der Waals surface area (Å²) in [5.41, 5.74) is 0.732. The molecule has 2 unspecified atom stereocenters. The second-order valence-corrected chi connectivity index (χ2v) is 9.09. The van der Waals surface area contributed by atoms with Gasteiger partial charge in [-0.2, -0.15) is 13.2 Å². The Bertz CT molecular complexity index is 977. The zero-order valence-electron chi connectivity index (χ0n) is 17.4. The highest BCUT2D eigenvalue weighted by Crippen LogP contribution is 2.45. The van der Waals surface area contributed by atoms with Gasteiger partial charge >= 0.3 is 12.1 Å². The quantitative estimate of drug-likeness (QED) is 0.519. The van der Waals surface area contributed by atoms with E-state index in [2.05, 4.69) is 0 Å². The van der Waals surface area contributed by atoms with Crippen molar-refractivity contribution in [3.05, 3.63) is 64.2 Å². The van der Waals surface area contributed by atoms with Gasteiger partial charge in [0, 0.05) is 24.7 Å². The topological polar surface area (TPSA) is 49.8 Å². The van der Waals surface area contributed by atoms with E-state index in [1.165, 1.54) is 6.07 Å². The molecule has 172 valence electrons. The molecule has 4 rings (SSSR count). The number of ether oxygens (including phenoxy) is 1. The number of rotatable bonds is 8. The Balaban J connectivity index is 1.38. The third-order valence-corrected chi connectivity index (χ3v) is 6.54. The van der Waals surface area contributed by atoms with Crippen LogP contribution in [-0.2, 0) is 17.5 Å². The fraction of sp³-hybridized carbons (Fsp3) is 0.458. The molecule has 0 aromatic heterocycles. The predicted octanol–water partition coefficient (Wildman–Crippen LogP) is 5.98. The van der Waals surface area contributed by atoms with E-state index in [4.69, 9.17) is 16.3 Å². The van der Waals surface area contributed by atoms with Gasteiger partial charge in [0.15, 0.2) is 0 Å². The summed E-state index contributed by atoms with van der Waals surface area (Å²) in [6.07, 6.45) is -1.52. The number of aliphatic carboxylic acids is 1. The number of carbonyl (C=O) groups is 1. The van der Waals surface area contributed by atoms with E-state index >= 15 is 0 Å². The average Bonchev–Trinajstić information content (AvgIpc) is 3.47. The van der Waals surface area contributed by atoms with Gasteiger partial charge in [-0.1, -0.05) is 23.7 Å². The van der Waals surface area contributed by atoms with Gasteiger partial charge in [-0.05, 0) is 72.6 Å². The smallest absolute Gasteiger partial charge is 0.416 e. The van der Waals surface area contributed by atoms with E-state index in [0.717, 1.165) is 37.0 Å². The Morgan fingerprint density at radius 1 is 1.19 bits per heavy atom. The Labute approximate surface area is 189 Å². The standard InChI is InChI=1S/C24H25ClF3NO3/c25-22-7-6-18(24(26,27)28)10-17(22)13-29-9-8-20(14-29)32-19-3-1-2-16(11-19)21(12-23(30)31)15-4-5-15/h1-3,6-7,10-11,15,20-21H,4-5,8-9,12-14H2,(H,30,31). The summed E-state index contributed by atoms with van der Waals surface area (Å²) < 4.78 is 45.2. The molecule has 1 heterocycles. The summed E-state index contributed by atoms with van der Waals surface area (Å²) in [5, 5.41) is 9.56. The fourth-order valence-electron chi connectivity index (χ4n) is 4.40. The minimum absolute atomic E-state index is 0.000762. The molecule has 2 fully saturated rings. The number of nitrogens with zero attached hydrogens (tertiary/aromatic N) is 1. The van der Waals surface area contributed by atoms with Crippen LogP contribution in [0.1, 0.15) is 48.3 Å². The van der Waals surface area contributed by atoms with Crippen molar-refractivity contribution in [2.24, 2.45) is 5.92 Å². The first kappa shape index (κ1) is 22.9. The Hall–Kier alpha value is -2.25. The number of hydrogen-bond donors (Lipinski definition) is 1. The Kier molecular flexibility index (Phi) is 6.67. The van der Waals surface area contributed by atoms with Crippen molar-refractivity contribution >= 4 is 17.6 Å². The lowest BCUT2D eigenvalue weighted by atomic mass is 9.91. The molecule has 0 spiro atoms. The number of alkyl halides is 3. The van der Waals surface area contributed by atoms with E-state index in [9.17, 15) is 23.1 Å². The summed E-state index contributed by atoms with van der Waals surface area (Å²) >= 11 is 6.14. The van der Waals surface area contributed by atoms with Gasteiger partial charge in [-0.15, -0.1) is 0 Å². The van der Waals surface area contributed by atoms with Gasteiger partial charge in [0.2, 0.25) is 0 Å². The minimum atomic E-state index is -4.40. The van der Waals surface area contributed by atoms with Crippen LogP contribution in [0.5, 0.6) is 5.75 Å². The van der Waals surface area contributed by atoms with Crippen molar-refractivity contribution in [2.45, 2.75) is 50.4 Å². The van der Waals surface area contributed by atoms with Crippen molar-refractivity contribution in [3.8, 4) is 5.75 Å². The number of carboxylic acids is 1. The molecule has 0 radical (unpaired) electrons. The summed E-state index contributed by atoms with van der Waals surface area (Å²) in [5.74, 6) is 0.315. The number of likely N-dealkylation sites (tertiary alicyclic amines) is 1. The molecule has 2 aromatic carbocycles. The molecule has 4 nitrogen and oxygen atoms in total. The Morgan fingerprint density at radius 3 is 2.66 bits per heavy atom. The minimum Gasteiger partial charge on any atom is -0.489 e. The third-order valence-electron chi connectivity index (χ3n) is 6.17. The molecule has 32 heavy (non-hydrogen) atoms. The number of halogens is 4. The number of benzene rings is 2. The first-order valence-electron chi connectivity index (χ1n) is 10.8. The molecule has 1 aliphatic carbocycles. The first-order valence-corrected chi connectivity index (χ1v) is 11.1. The van der Waals surface area contributed by atoms with Gasteiger partial charge < -0.3 is 9.84 Å². The Morgan fingerprint density at radius 2 is 1.97 bits per heavy atom. The van der Waals surface area contributed by atoms with Crippen LogP contribution in [0.15, 0.2) is 42.5 Å². The van der Waals surface area contributed by atoms with E-state index in [1.54, 1.807) is 0 Å². The van der Waals surface area contributed by atoms with Gasteiger partial charge in [-0.25, -0.2) is 0 Å². The molecular weight excluding hydrogens is 443 g/mol. The maximum Gasteiger partial charge on any atom is 0.416 e. The zero-order chi connectivity index (χ0) is 22.9. The normalized spacial score (nSPS) is 20.3. The summed E-state index contributed by atoms with van der Waals surface area (Å²) in [6.45, 7) is 1.60. The predicted molar refractivity (Wildman–Crippen MR) is 115 cm³/mol. The van der Waals surface area contributed by atoms with Gasteiger partial charge in [0.25, 0.3) is 0 Å². The molecule has 1 N–H and O–H groups in total. The van der Waals surface area contributed by atoms with Crippen LogP contribution in [-0.4, -0.2) is 35.2 Å². The molecular formula is C24H25ClF3NO3. The van der Waals surface area contributed by atoms with Crippen LogP contribution in [0, 0.1) is 5.92 Å². The lowest BCUT2D eigenvalue weighted by Crippen LogP contribution is -2.25. The highest BCUT2D eigenvalue weighted by Gasteiger charge is 2.34. The second kappa shape index (κ2) is 9.32. The van der Waals surface area contributed by atoms with E-state index < -0.39 is 17.7 Å². The van der Waals surface area contributed by atoms with Crippen LogP contribution >= 0.6 is 11.6 Å². The van der Waals surface area contributed by atoms with Crippen molar-refractivity contribution in [2.75, 3.05) is 13.1 Å². The fourth-order valence-corrected chi connectivity index (χ4v) is 4.58. The van der Waals surface area contributed by atoms with Crippen LogP contribution in [0.25, 0.3) is 0 Å². The van der Waals surface area contributed by atoms with Crippen LogP contribution in [0.3, 0.4) is 0 Å². The average molecular weight is 468 g/mol. The molecule has 8 heteroatoms. The highest BCUT2D eigenvalue weighted by atomic mass is 35.5. The van der Waals surface area contributed by atoms with Crippen molar-refractivity contribution in [3.63, 3.8) is 0 Å². The molecule has 2 aromatic rings. The maximum atomic E-state index is 13.0. The molecule has 1 aliphatic heterocycles. The highest BCUT2D eigenvalue weighted by molar-refractivity contribution is 6.31. The number of carboxylic acid groups (broad SMARTS) is 1. The van der Waals surface area contributed by atoms with Crippen molar-refractivity contribution < 1.29 is 27.8 Å². The lowest BCUT2D eigenvalue weighted by Gasteiger charge is -2.20. The summed E-state index contributed by atoms with van der Waals surface area (Å²) in [7, 11) is 0. The van der Waals surface area contributed by atoms with Crippen molar-refractivity contribution in [1.82, 2.24) is 4.90 Å². The lowest BCUT2D eigenvalue weighted by molar-refractivity contribution is -0.138. The van der Waals surface area contributed by atoms with Gasteiger partial charge in [0.05, 0.1) is 12.0 Å². The second-order valence-electron chi connectivity index (χ2n) is 8.68. The molecule has 0 amide bonds. The molecule has 1 saturated carbocycles. The molecule has 1 saturated heterocycles. The molecule has 2 atom stereocenters. The molecule has 0 bridgehead atoms. The first-order chi connectivity index (χ1) is 15.2. The number of hydrogen-bond acceptors (Lipinski definition) is 3. The summed E-state index contributed by atoms with van der Waals surface area (Å²) in [4.78, 5) is 13.3. The SMILES string of the molecule is O=C(O)CC(c1cccc(OC2CCN(Cc3cc(C(F)(F)F)ccc3Cl)C2)c1)C1CC1. The van der Waals surface area contributed by atoms with Gasteiger partial charge in [0.1, 0.15) is 11.9 Å². The van der Waals surface area contributed by atoms with Crippen molar-refractivity contribution in [1.29, 1.82) is 0 Å². The largest absolute Gasteiger partial charge is 0.489 e. The van der Waals surface area contributed by atoms with E-state index in [1.807, 2.05) is 29.2 Å². The third kappa shape index (κ3) is 5.75. The van der Waals surface area contributed by atoms with Gasteiger partial charge in [-0.3, -0.25) is 9.69 Å². The van der Waals surface area contributed by atoms with Crippen LogP contribution < -0.4 is 4.74 Å². The summed E-state index contributed by atoms with van der Waals surface area (Å²) in [6, 6.07) is 11.0. The monoisotopic (exact) mass is 467 g/mol.